The van der Waals surface area contributed by atoms with Crippen molar-refractivity contribution in [2.24, 2.45) is 7.05 Å². The number of benzene rings is 1. The molecule has 1 aromatic carbocycles. The van der Waals surface area contributed by atoms with Crippen LogP contribution in [0.1, 0.15) is 15.4 Å². The highest BCUT2D eigenvalue weighted by Crippen LogP contribution is 2.33. The molecule has 0 spiro atoms. The van der Waals surface area contributed by atoms with Gasteiger partial charge < -0.3 is 4.57 Å². The molecule has 3 aromatic rings. The van der Waals surface area contributed by atoms with Crippen LogP contribution in [0.5, 0.6) is 0 Å². The molecule has 0 unspecified atom stereocenters. The van der Waals surface area contributed by atoms with Crippen molar-refractivity contribution in [3.05, 3.63) is 51.3 Å². The van der Waals surface area contributed by atoms with E-state index in [-0.39, 0.29) is 22.0 Å². The summed E-state index contributed by atoms with van der Waals surface area (Å²) in [6.07, 6.45) is -3.31. The Hall–Kier alpha value is -2.75. The number of alkyl halides is 3. The van der Waals surface area contributed by atoms with Gasteiger partial charge in [-0.05, 0) is 12.1 Å². The standard InChI is InChI=1S/C14H9F3N4O2S/c1-21-6-8(10(22)7-4-2-3-5-9(7)21)11(23)18-13-20-19-12(24-13)14(15,16)17/h2-6H,1H3,(H,18,20,23). The van der Waals surface area contributed by atoms with Crippen LogP contribution in [0.25, 0.3) is 10.9 Å². The van der Waals surface area contributed by atoms with E-state index < -0.39 is 22.5 Å². The predicted molar refractivity (Wildman–Crippen MR) is 82.1 cm³/mol. The Labute approximate surface area is 136 Å². The number of rotatable bonds is 2. The molecule has 0 saturated heterocycles. The van der Waals surface area contributed by atoms with Gasteiger partial charge in [-0.25, -0.2) is 0 Å². The normalized spacial score (nSPS) is 11.7. The Morgan fingerprint density at radius 2 is 1.96 bits per heavy atom. The van der Waals surface area contributed by atoms with Crippen molar-refractivity contribution in [2.45, 2.75) is 6.18 Å². The number of aryl methyl sites for hydroxylation is 1. The highest BCUT2D eigenvalue weighted by molar-refractivity contribution is 7.15. The minimum Gasteiger partial charge on any atom is -0.350 e. The van der Waals surface area contributed by atoms with Crippen molar-refractivity contribution in [3.8, 4) is 0 Å². The van der Waals surface area contributed by atoms with E-state index in [9.17, 15) is 22.8 Å². The second-order valence-electron chi connectivity index (χ2n) is 4.86. The molecule has 10 heteroatoms. The van der Waals surface area contributed by atoms with Crippen LogP contribution < -0.4 is 10.7 Å². The van der Waals surface area contributed by atoms with Gasteiger partial charge in [-0.1, -0.05) is 23.5 Å². The van der Waals surface area contributed by atoms with Gasteiger partial charge >= 0.3 is 6.18 Å². The van der Waals surface area contributed by atoms with Gasteiger partial charge in [0.25, 0.3) is 5.91 Å². The summed E-state index contributed by atoms with van der Waals surface area (Å²) < 4.78 is 39.1. The monoisotopic (exact) mass is 354 g/mol. The summed E-state index contributed by atoms with van der Waals surface area (Å²) in [5, 5.41) is 7.24. The fourth-order valence-electron chi connectivity index (χ4n) is 2.15. The van der Waals surface area contributed by atoms with E-state index >= 15 is 0 Å². The smallest absolute Gasteiger partial charge is 0.350 e. The van der Waals surface area contributed by atoms with E-state index in [1.54, 1.807) is 35.9 Å². The topological polar surface area (TPSA) is 76.9 Å². The first kappa shape index (κ1) is 16.1. The molecule has 0 radical (unpaired) electrons. The minimum absolute atomic E-state index is 0.188. The average molecular weight is 354 g/mol. The Bertz CT molecular complexity index is 994. The third-order valence-electron chi connectivity index (χ3n) is 3.23. The van der Waals surface area contributed by atoms with Gasteiger partial charge in [0, 0.05) is 18.6 Å². The van der Waals surface area contributed by atoms with Gasteiger partial charge in [-0.3, -0.25) is 14.9 Å². The van der Waals surface area contributed by atoms with Gasteiger partial charge in [-0.2, -0.15) is 13.2 Å². The lowest BCUT2D eigenvalue weighted by molar-refractivity contribution is -0.138. The van der Waals surface area contributed by atoms with Crippen LogP contribution in [0.4, 0.5) is 18.3 Å². The van der Waals surface area contributed by atoms with Crippen molar-refractivity contribution in [1.82, 2.24) is 14.8 Å². The molecule has 1 amide bonds. The summed E-state index contributed by atoms with van der Waals surface area (Å²) in [4.78, 5) is 24.6. The Morgan fingerprint density at radius 3 is 2.62 bits per heavy atom. The Balaban J connectivity index is 1.96. The van der Waals surface area contributed by atoms with Gasteiger partial charge in [0.05, 0.1) is 5.52 Å². The number of carbonyl (C=O) groups is 1. The molecule has 0 atom stereocenters. The number of aromatic nitrogens is 3. The maximum Gasteiger partial charge on any atom is 0.445 e. The minimum atomic E-state index is -4.64. The quantitative estimate of drug-likeness (QED) is 0.768. The zero-order chi connectivity index (χ0) is 17.5. The second-order valence-corrected chi connectivity index (χ2v) is 5.84. The van der Waals surface area contributed by atoms with Crippen LogP contribution in [0.2, 0.25) is 0 Å². The molecular formula is C14H9F3N4O2S. The van der Waals surface area contributed by atoms with E-state index in [0.29, 0.717) is 10.9 Å². The van der Waals surface area contributed by atoms with Crippen LogP contribution in [0, 0.1) is 0 Å². The number of carbonyl (C=O) groups excluding carboxylic acids is 1. The molecule has 0 bridgehead atoms. The first-order valence-corrected chi connectivity index (χ1v) is 7.39. The number of para-hydroxylation sites is 1. The molecule has 0 aliphatic heterocycles. The van der Waals surface area contributed by atoms with Crippen LogP contribution in [0.15, 0.2) is 35.3 Å². The van der Waals surface area contributed by atoms with E-state index in [1.807, 2.05) is 0 Å². The number of hydrogen-bond donors (Lipinski definition) is 1. The SMILES string of the molecule is Cn1cc(C(=O)Nc2nnc(C(F)(F)F)s2)c(=O)c2ccccc21. The molecule has 2 heterocycles. The molecule has 1 N–H and O–H groups in total. The summed E-state index contributed by atoms with van der Waals surface area (Å²) in [6, 6.07) is 6.70. The number of anilines is 1. The average Bonchev–Trinajstić information content (AvgIpc) is 2.99. The van der Waals surface area contributed by atoms with Crippen molar-refractivity contribution in [3.63, 3.8) is 0 Å². The zero-order valence-corrected chi connectivity index (χ0v) is 12.9. The van der Waals surface area contributed by atoms with Crippen molar-refractivity contribution < 1.29 is 18.0 Å². The van der Waals surface area contributed by atoms with Crippen molar-refractivity contribution in [1.29, 1.82) is 0 Å². The zero-order valence-electron chi connectivity index (χ0n) is 12.1. The molecule has 0 aliphatic carbocycles. The molecule has 0 fully saturated rings. The number of nitrogens with zero attached hydrogens (tertiary/aromatic N) is 3. The van der Waals surface area contributed by atoms with Gasteiger partial charge in [0.15, 0.2) is 0 Å². The van der Waals surface area contributed by atoms with Crippen LogP contribution >= 0.6 is 11.3 Å². The molecule has 124 valence electrons. The third kappa shape index (κ3) is 2.87. The molecule has 24 heavy (non-hydrogen) atoms. The maximum atomic E-state index is 12.5. The number of fused-ring (bicyclic) bond motifs is 1. The third-order valence-corrected chi connectivity index (χ3v) is 4.11. The summed E-state index contributed by atoms with van der Waals surface area (Å²) >= 11 is 0.188. The Kier molecular flexibility index (Phi) is 3.84. The molecule has 2 aromatic heterocycles. The Morgan fingerprint density at radius 1 is 1.25 bits per heavy atom. The predicted octanol–water partition coefficient (Wildman–Crippen LogP) is 2.66. The van der Waals surface area contributed by atoms with E-state index in [4.69, 9.17) is 0 Å². The van der Waals surface area contributed by atoms with E-state index in [0.717, 1.165) is 0 Å². The summed E-state index contributed by atoms with van der Waals surface area (Å²) in [5.41, 5.74) is -0.0731. The lowest BCUT2D eigenvalue weighted by atomic mass is 10.1. The number of halogens is 3. The number of hydrogen-bond acceptors (Lipinski definition) is 5. The van der Waals surface area contributed by atoms with Gasteiger partial charge in [0.2, 0.25) is 15.6 Å². The molecule has 6 nitrogen and oxygen atoms in total. The number of pyridine rings is 1. The highest BCUT2D eigenvalue weighted by Gasteiger charge is 2.35. The number of nitrogens with one attached hydrogen (secondary N) is 1. The molecule has 0 saturated carbocycles. The van der Waals surface area contributed by atoms with Gasteiger partial charge in [0.1, 0.15) is 5.56 Å². The van der Waals surface area contributed by atoms with E-state index in [1.165, 1.54) is 6.20 Å². The van der Waals surface area contributed by atoms with E-state index in [2.05, 4.69) is 15.5 Å². The van der Waals surface area contributed by atoms with Crippen molar-refractivity contribution in [2.75, 3.05) is 5.32 Å². The number of amides is 1. The first-order valence-electron chi connectivity index (χ1n) is 6.58. The first-order chi connectivity index (χ1) is 11.3. The molecule has 3 rings (SSSR count). The maximum absolute atomic E-state index is 12.5. The second kappa shape index (κ2) is 5.71. The van der Waals surface area contributed by atoms with Crippen LogP contribution in [0.3, 0.4) is 0 Å². The highest BCUT2D eigenvalue weighted by atomic mass is 32.1. The van der Waals surface area contributed by atoms with Gasteiger partial charge in [-0.15, -0.1) is 10.2 Å². The molecular weight excluding hydrogens is 345 g/mol. The lowest BCUT2D eigenvalue weighted by Crippen LogP contribution is -2.23. The fraction of sp³-hybridized carbons (Fsp3) is 0.143. The molecule has 0 aliphatic rings. The summed E-state index contributed by atoms with van der Waals surface area (Å²) in [7, 11) is 1.66. The largest absolute Gasteiger partial charge is 0.445 e. The van der Waals surface area contributed by atoms with Crippen molar-refractivity contribution >= 4 is 33.3 Å². The fourth-order valence-corrected chi connectivity index (χ4v) is 2.76. The van der Waals surface area contributed by atoms with Crippen LogP contribution in [-0.4, -0.2) is 20.7 Å². The summed E-state index contributed by atoms with van der Waals surface area (Å²) in [6.45, 7) is 0. The lowest BCUT2D eigenvalue weighted by Gasteiger charge is -2.08. The van der Waals surface area contributed by atoms with Crippen LogP contribution in [-0.2, 0) is 13.2 Å². The summed E-state index contributed by atoms with van der Waals surface area (Å²) in [5.74, 6) is -0.841.